The molecule has 0 fully saturated rings. The second-order valence-corrected chi connectivity index (χ2v) is 5.63. The van der Waals surface area contributed by atoms with E-state index in [4.69, 9.17) is 9.47 Å². The van der Waals surface area contributed by atoms with Gasteiger partial charge in [-0.1, -0.05) is 11.8 Å². The van der Waals surface area contributed by atoms with Gasteiger partial charge < -0.3 is 9.47 Å². The molecule has 2 aromatic rings. The molecule has 0 aliphatic carbocycles. The molecule has 0 aliphatic heterocycles. The van der Waals surface area contributed by atoms with E-state index in [-0.39, 0.29) is 5.97 Å². The first-order valence-corrected chi connectivity index (χ1v) is 7.55. The summed E-state index contributed by atoms with van der Waals surface area (Å²) in [6.07, 6.45) is 0. The molecule has 2 rings (SSSR count). The van der Waals surface area contributed by atoms with E-state index in [0.29, 0.717) is 12.2 Å². The molecule has 0 unspecified atom stereocenters. The van der Waals surface area contributed by atoms with E-state index in [9.17, 15) is 4.79 Å². The highest BCUT2D eigenvalue weighted by molar-refractivity contribution is 7.99. The van der Waals surface area contributed by atoms with E-state index in [1.807, 2.05) is 31.2 Å². The Kier molecular flexibility index (Phi) is 5.28. The van der Waals surface area contributed by atoms with Crippen LogP contribution in [0, 0.1) is 6.92 Å². The lowest BCUT2D eigenvalue weighted by atomic mass is 10.2. The van der Waals surface area contributed by atoms with Gasteiger partial charge in [-0.25, -0.2) is 4.79 Å². The number of hydrogen-bond acceptors (Lipinski definition) is 4. The van der Waals surface area contributed by atoms with E-state index in [2.05, 4.69) is 6.07 Å². The molecule has 4 heteroatoms. The molecule has 110 valence electrons. The van der Waals surface area contributed by atoms with E-state index in [1.54, 1.807) is 37.9 Å². The molecular weight excluding hydrogens is 284 g/mol. The number of methoxy groups -OCH3 is 1. The Morgan fingerprint density at radius 3 is 2.33 bits per heavy atom. The quantitative estimate of drug-likeness (QED) is 0.770. The predicted molar refractivity (Wildman–Crippen MR) is 84.3 cm³/mol. The minimum absolute atomic E-state index is 0.283. The van der Waals surface area contributed by atoms with Crippen molar-refractivity contribution in [3.8, 4) is 5.75 Å². The highest BCUT2D eigenvalue weighted by atomic mass is 32.2. The monoisotopic (exact) mass is 302 g/mol. The fraction of sp³-hybridized carbons (Fsp3) is 0.235. The van der Waals surface area contributed by atoms with Gasteiger partial charge in [0, 0.05) is 9.79 Å². The SMILES string of the molecule is CCOC(=O)c1ccc(Sc2ccc(OC)c(C)c2)cc1. The van der Waals surface area contributed by atoms with Crippen LogP contribution < -0.4 is 4.74 Å². The maximum Gasteiger partial charge on any atom is 0.338 e. The first kappa shape index (κ1) is 15.4. The summed E-state index contributed by atoms with van der Waals surface area (Å²) in [5, 5.41) is 0. The lowest BCUT2D eigenvalue weighted by Crippen LogP contribution is -2.03. The molecule has 0 radical (unpaired) electrons. The largest absolute Gasteiger partial charge is 0.496 e. The highest BCUT2D eigenvalue weighted by Gasteiger charge is 2.07. The van der Waals surface area contributed by atoms with Gasteiger partial charge in [0.25, 0.3) is 0 Å². The smallest absolute Gasteiger partial charge is 0.338 e. The van der Waals surface area contributed by atoms with Crippen molar-refractivity contribution in [2.45, 2.75) is 23.6 Å². The van der Waals surface area contributed by atoms with Crippen molar-refractivity contribution in [3.63, 3.8) is 0 Å². The molecule has 21 heavy (non-hydrogen) atoms. The van der Waals surface area contributed by atoms with Gasteiger partial charge in [0.15, 0.2) is 0 Å². The number of carbonyl (C=O) groups is 1. The van der Waals surface area contributed by atoms with Crippen LogP contribution in [0.5, 0.6) is 5.75 Å². The maximum atomic E-state index is 11.6. The summed E-state index contributed by atoms with van der Waals surface area (Å²) in [4.78, 5) is 13.8. The number of aryl methyl sites for hydroxylation is 1. The molecule has 0 spiro atoms. The summed E-state index contributed by atoms with van der Waals surface area (Å²) in [7, 11) is 1.67. The van der Waals surface area contributed by atoms with Crippen LogP contribution in [0.3, 0.4) is 0 Å². The molecular formula is C17H18O3S. The fourth-order valence-electron chi connectivity index (χ4n) is 1.92. The van der Waals surface area contributed by atoms with Crippen molar-refractivity contribution in [2.75, 3.05) is 13.7 Å². The second kappa shape index (κ2) is 7.18. The van der Waals surface area contributed by atoms with E-state index < -0.39 is 0 Å². The Labute approximate surface area is 129 Å². The molecule has 2 aromatic carbocycles. The number of ether oxygens (including phenoxy) is 2. The Morgan fingerprint density at radius 2 is 1.76 bits per heavy atom. The van der Waals surface area contributed by atoms with Gasteiger partial charge in [-0.2, -0.15) is 0 Å². The van der Waals surface area contributed by atoms with Crippen LogP contribution in [-0.2, 0) is 4.74 Å². The van der Waals surface area contributed by atoms with Gasteiger partial charge in [0.05, 0.1) is 19.3 Å². The van der Waals surface area contributed by atoms with Crippen LogP contribution in [0.2, 0.25) is 0 Å². The second-order valence-electron chi connectivity index (χ2n) is 4.48. The summed E-state index contributed by atoms with van der Waals surface area (Å²) >= 11 is 1.65. The molecule has 0 atom stereocenters. The Balaban J connectivity index is 2.10. The van der Waals surface area contributed by atoms with E-state index >= 15 is 0 Å². The van der Waals surface area contributed by atoms with Crippen molar-refractivity contribution >= 4 is 17.7 Å². The molecule has 0 aliphatic rings. The van der Waals surface area contributed by atoms with Crippen LogP contribution in [0.25, 0.3) is 0 Å². The van der Waals surface area contributed by atoms with Crippen molar-refractivity contribution in [1.29, 1.82) is 0 Å². The van der Waals surface area contributed by atoms with Crippen LogP contribution in [0.1, 0.15) is 22.8 Å². The van der Waals surface area contributed by atoms with Crippen molar-refractivity contribution < 1.29 is 14.3 Å². The third-order valence-electron chi connectivity index (χ3n) is 2.97. The molecule has 0 saturated carbocycles. The topological polar surface area (TPSA) is 35.5 Å². The zero-order valence-corrected chi connectivity index (χ0v) is 13.2. The summed E-state index contributed by atoms with van der Waals surface area (Å²) < 4.78 is 10.2. The number of carbonyl (C=O) groups excluding carboxylic acids is 1. The zero-order chi connectivity index (χ0) is 15.2. The third-order valence-corrected chi connectivity index (χ3v) is 3.96. The zero-order valence-electron chi connectivity index (χ0n) is 12.4. The van der Waals surface area contributed by atoms with E-state index in [1.165, 1.54) is 0 Å². The molecule has 0 aromatic heterocycles. The minimum atomic E-state index is -0.283. The molecule has 0 bridgehead atoms. The van der Waals surface area contributed by atoms with Crippen LogP contribution in [0.4, 0.5) is 0 Å². The van der Waals surface area contributed by atoms with Crippen molar-refractivity contribution in [3.05, 3.63) is 53.6 Å². The fourth-order valence-corrected chi connectivity index (χ4v) is 2.84. The highest BCUT2D eigenvalue weighted by Crippen LogP contribution is 2.31. The predicted octanol–water partition coefficient (Wildman–Crippen LogP) is 4.33. The lowest BCUT2D eigenvalue weighted by Gasteiger charge is -2.07. The summed E-state index contributed by atoms with van der Waals surface area (Å²) in [6, 6.07) is 13.5. The maximum absolute atomic E-state index is 11.6. The summed E-state index contributed by atoms with van der Waals surface area (Å²) in [5.41, 5.74) is 1.68. The average molecular weight is 302 g/mol. The first-order valence-electron chi connectivity index (χ1n) is 6.73. The Bertz CT molecular complexity index is 620. The summed E-state index contributed by atoms with van der Waals surface area (Å²) in [6.45, 7) is 4.21. The average Bonchev–Trinajstić information content (AvgIpc) is 2.48. The Morgan fingerprint density at radius 1 is 1.10 bits per heavy atom. The van der Waals surface area contributed by atoms with Crippen molar-refractivity contribution in [2.24, 2.45) is 0 Å². The number of esters is 1. The molecule has 0 saturated heterocycles. The molecule has 0 heterocycles. The lowest BCUT2D eigenvalue weighted by molar-refractivity contribution is 0.0526. The number of hydrogen-bond donors (Lipinski definition) is 0. The molecule has 3 nitrogen and oxygen atoms in total. The van der Waals surface area contributed by atoms with Crippen LogP contribution >= 0.6 is 11.8 Å². The molecule has 0 N–H and O–H groups in total. The van der Waals surface area contributed by atoms with Gasteiger partial charge in [-0.3, -0.25) is 0 Å². The third kappa shape index (κ3) is 4.02. The number of benzene rings is 2. The Hall–Kier alpha value is -1.94. The minimum Gasteiger partial charge on any atom is -0.496 e. The summed E-state index contributed by atoms with van der Waals surface area (Å²) in [5.74, 6) is 0.603. The number of rotatable bonds is 5. The van der Waals surface area contributed by atoms with E-state index in [0.717, 1.165) is 21.1 Å². The van der Waals surface area contributed by atoms with Gasteiger partial charge in [-0.15, -0.1) is 0 Å². The van der Waals surface area contributed by atoms with Gasteiger partial charge in [0.2, 0.25) is 0 Å². The van der Waals surface area contributed by atoms with Crippen LogP contribution in [-0.4, -0.2) is 19.7 Å². The molecule has 0 amide bonds. The van der Waals surface area contributed by atoms with Crippen LogP contribution in [0.15, 0.2) is 52.3 Å². The standard InChI is InChI=1S/C17H18O3S/c1-4-20-17(18)13-5-7-14(8-6-13)21-15-9-10-16(19-3)12(2)11-15/h5-11H,4H2,1-3H3. The first-order chi connectivity index (χ1) is 10.1. The van der Waals surface area contributed by atoms with Crippen molar-refractivity contribution in [1.82, 2.24) is 0 Å². The van der Waals surface area contributed by atoms with Gasteiger partial charge in [0.1, 0.15) is 5.75 Å². The van der Waals surface area contributed by atoms with Gasteiger partial charge >= 0.3 is 5.97 Å². The van der Waals surface area contributed by atoms with Gasteiger partial charge in [-0.05, 0) is 61.9 Å². The normalized spacial score (nSPS) is 10.2.